The van der Waals surface area contributed by atoms with E-state index in [0.29, 0.717) is 18.5 Å². The van der Waals surface area contributed by atoms with Crippen molar-refractivity contribution in [1.29, 1.82) is 0 Å². The molecule has 0 saturated carbocycles. The molecule has 0 aliphatic rings. The fourth-order valence-corrected chi connectivity index (χ4v) is 5.65. The van der Waals surface area contributed by atoms with E-state index in [-0.39, 0.29) is 37.4 Å². The summed E-state index contributed by atoms with van der Waals surface area (Å²) in [5.41, 5.74) is 4.56. The molecule has 220 valence electrons. The molecule has 3 aromatic carbocycles. The first-order chi connectivity index (χ1) is 19.5. The van der Waals surface area contributed by atoms with Gasteiger partial charge in [-0.05, 0) is 62.4 Å². The Hall–Kier alpha value is -3.65. The number of rotatable bonds is 14. The summed E-state index contributed by atoms with van der Waals surface area (Å²) in [6.45, 7) is 8.35. The molecule has 0 heterocycles. The van der Waals surface area contributed by atoms with Crippen molar-refractivity contribution >= 4 is 27.5 Å². The van der Waals surface area contributed by atoms with Crippen LogP contribution in [0.5, 0.6) is 0 Å². The Morgan fingerprint density at radius 1 is 0.902 bits per heavy atom. The molecule has 2 amide bonds. The Labute approximate surface area is 245 Å². The number of hydrogen-bond acceptors (Lipinski definition) is 4. The number of carbonyl (C=O) groups excluding carboxylic acids is 2. The molecule has 0 bridgehead atoms. The monoisotopic (exact) mass is 577 g/mol. The van der Waals surface area contributed by atoms with E-state index in [9.17, 15) is 18.0 Å². The summed E-state index contributed by atoms with van der Waals surface area (Å²) in [4.78, 5) is 29.3. The first-order valence-corrected chi connectivity index (χ1v) is 16.1. The third kappa shape index (κ3) is 9.46. The second kappa shape index (κ2) is 14.8. The number of hydrogen-bond donors (Lipinski definition) is 1. The van der Waals surface area contributed by atoms with Crippen LogP contribution in [0.2, 0.25) is 0 Å². The van der Waals surface area contributed by atoms with Crippen molar-refractivity contribution in [2.45, 2.75) is 72.0 Å². The standard InChI is InChI=1S/C33H43N3O4S/c1-6-27(4)34-33(38)31(23-28-14-8-7-9-15-28)35(24-29-16-11-10-13-26(29)3)32(37)17-12-22-36(41(5,39)40)30-20-18-25(2)19-21-30/h7-11,13-16,18-21,27,31H,6,12,17,22-24H2,1-5H3,(H,34,38)/t27-,31+/m0/s1. The summed E-state index contributed by atoms with van der Waals surface area (Å²) in [6.07, 6.45) is 2.74. The van der Waals surface area contributed by atoms with Gasteiger partial charge in [-0.3, -0.25) is 13.9 Å². The highest BCUT2D eigenvalue weighted by atomic mass is 32.2. The van der Waals surface area contributed by atoms with Crippen LogP contribution in [0.1, 0.15) is 55.4 Å². The maximum Gasteiger partial charge on any atom is 0.243 e. The molecule has 3 aromatic rings. The number of carbonyl (C=O) groups is 2. The van der Waals surface area contributed by atoms with E-state index >= 15 is 0 Å². The van der Waals surface area contributed by atoms with Gasteiger partial charge in [0.25, 0.3) is 0 Å². The van der Waals surface area contributed by atoms with Crippen LogP contribution in [0, 0.1) is 13.8 Å². The van der Waals surface area contributed by atoms with Crippen LogP contribution in [0.4, 0.5) is 5.69 Å². The molecule has 0 fully saturated rings. The summed E-state index contributed by atoms with van der Waals surface area (Å²) < 4.78 is 26.6. The lowest BCUT2D eigenvalue weighted by atomic mass is 10.0. The lowest BCUT2D eigenvalue weighted by Crippen LogP contribution is -2.52. The molecule has 0 aromatic heterocycles. The maximum atomic E-state index is 13.9. The van der Waals surface area contributed by atoms with Crippen molar-refractivity contribution in [3.05, 3.63) is 101 Å². The molecule has 0 radical (unpaired) electrons. The van der Waals surface area contributed by atoms with E-state index in [0.717, 1.165) is 28.7 Å². The van der Waals surface area contributed by atoms with E-state index in [1.807, 2.05) is 94.4 Å². The zero-order chi connectivity index (χ0) is 30.0. The highest BCUT2D eigenvalue weighted by Crippen LogP contribution is 2.21. The highest BCUT2D eigenvalue weighted by molar-refractivity contribution is 7.92. The van der Waals surface area contributed by atoms with Crippen molar-refractivity contribution in [2.24, 2.45) is 0 Å². The summed E-state index contributed by atoms with van der Waals surface area (Å²) in [6, 6.07) is 24.1. The minimum Gasteiger partial charge on any atom is -0.352 e. The van der Waals surface area contributed by atoms with Gasteiger partial charge in [-0.2, -0.15) is 0 Å². The highest BCUT2D eigenvalue weighted by Gasteiger charge is 2.31. The minimum absolute atomic E-state index is 0.0333. The van der Waals surface area contributed by atoms with Crippen molar-refractivity contribution in [2.75, 3.05) is 17.1 Å². The largest absolute Gasteiger partial charge is 0.352 e. The van der Waals surface area contributed by atoms with E-state index in [4.69, 9.17) is 0 Å². The zero-order valence-corrected chi connectivity index (χ0v) is 25.7. The van der Waals surface area contributed by atoms with Gasteiger partial charge in [-0.15, -0.1) is 0 Å². The predicted molar refractivity (Wildman–Crippen MR) is 166 cm³/mol. The lowest BCUT2D eigenvalue weighted by molar-refractivity contribution is -0.141. The smallest absolute Gasteiger partial charge is 0.243 e. The molecule has 0 aliphatic carbocycles. The third-order valence-electron chi connectivity index (χ3n) is 7.35. The number of anilines is 1. The number of aryl methyl sites for hydroxylation is 2. The first kappa shape index (κ1) is 31.9. The summed E-state index contributed by atoms with van der Waals surface area (Å²) in [5, 5.41) is 3.09. The molecule has 1 N–H and O–H groups in total. The van der Waals surface area contributed by atoms with Crippen LogP contribution >= 0.6 is 0 Å². The van der Waals surface area contributed by atoms with Gasteiger partial charge < -0.3 is 10.2 Å². The molecule has 0 unspecified atom stereocenters. The molecular formula is C33H43N3O4S. The molecule has 0 saturated heterocycles. The van der Waals surface area contributed by atoms with Crippen molar-refractivity contribution in [3.8, 4) is 0 Å². The third-order valence-corrected chi connectivity index (χ3v) is 8.54. The quantitative estimate of drug-likeness (QED) is 0.278. The molecular weight excluding hydrogens is 534 g/mol. The van der Waals surface area contributed by atoms with Gasteiger partial charge in [-0.25, -0.2) is 8.42 Å². The number of nitrogens with zero attached hydrogens (tertiary/aromatic N) is 2. The Kier molecular flexibility index (Phi) is 11.5. The second-order valence-corrected chi connectivity index (χ2v) is 12.7. The average Bonchev–Trinajstić information content (AvgIpc) is 2.94. The Morgan fingerprint density at radius 2 is 1.54 bits per heavy atom. The van der Waals surface area contributed by atoms with Crippen molar-refractivity contribution < 1.29 is 18.0 Å². The van der Waals surface area contributed by atoms with E-state index < -0.39 is 16.1 Å². The molecule has 2 atom stereocenters. The Bertz CT molecular complexity index is 1390. The second-order valence-electron chi connectivity index (χ2n) is 10.7. The molecule has 3 rings (SSSR count). The van der Waals surface area contributed by atoms with Crippen LogP contribution in [0.15, 0.2) is 78.9 Å². The number of sulfonamides is 1. The minimum atomic E-state index is -3.55. The Balaban J connectivity index is 1.89. The van der Waals surface area contributed by atoms with Gasteiger partial charge in [0.05, 0.1) is 11.9 Å². The van der Waals surface area contributed by atoms with Gasteiger partial charge in [0.2, 0.25) is 21.8 Å². The normalized spacial score (nSPS) is 12.8. The number of amides is 2. The van der Waals surface area contributed by atoms with Gasteiger partial charge in [-0.1, -0.05) is 79.2 Å². The summed E-state index contributed by atoms with van der Waals surface area (Å²) in [7, 11) is -3.55. The van der Waals surface area contributed by atoms with Crippen molar-refractivity contribution in [3.63, 3.8) is 0 Å². The van der Waals surface area contributed by atoms with Gasteiger partial charge in [0.1, 0.15) is 6.04 Å². The molecule has 8 heteroatoms. The van der Waals surface area contributed by atoms with Gasteiger partial charge in [0.15, 0.2) is 0 Å². The van der Waals surface area contributed by atoms with Crippen LogP contribution in [0.25, 0.3) is 0 Å². The Morgan fingerprint density at radius 3 is 2.15 bits per heavy atom. The molecule has 0 aliphatic heterocycles. The SMILES string of the molecule is CC[C@H](C)NC(=O)[C@@H](Cc1ccccc1)N(Cc1ccccc1C)C(=O)CCCN(c1ccc(C)cc1)S(C)(=O)=O. The van der Waals surface area contributed by atoms with Crippen LogP contribution < -0.4 is 9.62 Å². The number of nitrogens with one attached hydrogen (secondary N) is 1. The molecule has 0 spiro atoms. The fraction of sp³-hybridized carbons (Fsp3) is 0.394. The zero-order valence-electron chi connectivity index (χ0n) is 24.8. The van der Waals surface area contributed by atoms with Crippen LogP contribution in [0.3, 0.4) is 0 Å². The first-order valence-electron chi connectivity index (χ1n) is 14.2. The topological polar surface area (TPSA) is 86.8 Å². The van der Waals surface area contributed by atoms with Crippen LogP contribution in [-0.2, 0) is 32.6 Å². The van der Waals surface area contributed by atoms with E-state index in [1.54, 1.807) is 17.0 Å². The average molecular weight is 578 g/mol. The lowest BCUT2D eigenvalue weighted by Gasteiger charge is -2.33. The van der Waals surface area contributed by atoms with E-state index in [1.165, 1.54) is 10.6 Å². The fourth-order valence-electron chi connectivity index (χ4n) is 4.68. The molecule has 7 nitrogen and oxygen atoms in total. The van der Waals surface area contributed by atoms with Gasteiger partial charge >= 0.3 is 0 Å². The van der Waals surface area contributed by atoms with E-state index in [2.05, 4.69) is 5.32 Å². The van der Waals surface area contributed by atoms with Crippen LogP contribution in [-0.4, -0.2) is 50.0 Å². The maximum absolute atomic E-state index is 13.9. The van der Waals surface area contributed by atoms with Gasteiger partial charge in [0, 0.05) is 32.0 Å². The predicted octanol–water partition coefficient (Wildman–Crippen LogP) is 5.40. The summed E-state index contributed by atoms with van der Waals surface area (Å²) >= 11 is 0. The molecule has 41 heavy (non-hydrogen) atoms. The van der Waals surface area contributed by atoms with Crippen molar-refractivity contribution in [1.82, 2.24) is 10.2 Å². The number of benzene rings is 3. The summed E-state index contributed by atoms with van der Waals surface area (Å²) in [5.74, 6) is -0.381.